The number of hydrogen-bond donors (Lipinski definition) is 7. The van der Waals surface area contributed by atoms with E-state index in [1.54, 1.807) is 31.3 Å². The van der Waals surface area contributed by atoms with E-state index in [0.717, 1.165) is 38.7 Å². The first-order chi connectivity index (χ1) is 28.7. The largest absolute Gasteiger partial charge is 0.508 e. The van der Waals surface area contributed by atoms with Gasteiger partial charge in [-0.1, -0.05) is 54.6 Å². The van der Waals surface area contributed by atoms with E-state index >= 15 is 0 Å². The molecule has 0 radical (unpaired) electrons. The van der Waals surface area contributed by atoms with Gasteiger partial charge in [0.2, 0.25) is 11.8 Å². The molecule has 15 nitrogen and oxygen atoms in total. The Balaban J connectivity index is 0.000000481. The molecule has 4 rings (SSSR count). The minimum absolute atomic E-state index is 0.0807. The van der Waals surface area contributed by atoms with E-state index in [2.05, 4.69) is 15.6 Å². The maximum Gasteiger partial charge on any atom is 0.224 e. The molecule has 0 aliphatic heterocycles. The second-order valence-corrected chi connectivity index (χ2v) is 17.5. The van der Waals surface area contributed by atoms with E-state index < -0.39 is 45.6 Å². The number of rotatable bonds is 21. The fraction of sp³-hybridized carbons (Fsp3) is 0.400. The molecule has 0 heterocycles. The number of benzene rings is 4. The van der Waals surface area contributed by atoms with Crippen molar-refractivity contribution >= 4 is 55.6 Å². The number of guanidine groups is 1. The molecule has 2 amide bonds. The van der Waals surface area contributed by atoms with Crippen LogP contribution in [0.25, 0.3) is 10.8 Å². The van der Waals surface area contributed by atoms with Gasteiger partial charge in [0.25, 0.3) is 0 Å². The van der Waals surface area contributed by atoms with Crippen molar-refractivity contribution in [1.82, 2.24) is 10.6 Å². The second kappa shape index (κ2) is 23.2. The molecule has 0 aliphatic carbocycles. The van der Waals surface area contributed by atoms with Crippen LogP contribution in [0.1, 0.15) is 47.9 Å². The van der Waals surface area contributed by atoms with E-state index in [0.29, 0.717) is 11.3 Å². The smallest absolute Gasteiger partial charge is 0.224 e. The number of carbonyl (C=O) groups excluding carboxylic acids is 4. The van der Waals surface area contributed by atoms with E-state index in [1.807, 2.05) is 87.4 Å². The molecule has 4 aromatic rings. The Bertz CT molecular complexity index is 2260. The minimum Gasteiger partial charge on any atom is -0.508 e. The summed E-state index contributed by atoms with van der Waals surface area (Å²) in [6.45, 7) is 4.15. The van der Waals surface area contributed by atoms with Crippen molar-refractivity contribution in [1.29, 1.82) is 0 Å². The number of ketones is 2. The number of aliphatic imine (C=N–C) groups is 1. The summed E-state index contributed by atoms with van der Waals surface area (Å²) < 4.78 is 23.4. The van der Waals surface area contributed by atoms with Gasteiger partial charge in [-0.2, -0.15) is 0 Å². The molecule has 0 fully saturated rings. The lowest BCUT2D eigenvalue weighted by Gasteiger charge is -2.24. The molecule has 330 valence electrons. The third kappa shape index (κ3) is 15.3. The van der Waals surface area contributed by atoms with Gasteiger partial charge in [0.1, 0.15) is 5.75 Å². The average Bonchev–Trinajstić information content (AvgIpc) is 3.19. The number of sulfone groups is 1. The lowest BCUT2D eigenvalue weighted by molar-refractivity contribution is -0.133. The van der Waals surface area contributed by atoms with Crippen molar-refractivity contribution in [3.63, 3.8) is 0 Å². The van der Waals surface area contributed by atoms with Crippen molar-refractivity contribution in [3.05, 3.63) is 101 Å². The van der Waals surface area contributed by atoms with Gasteiger partial charge in [0.05, 0.1) is 22.9 Å². The predicted molar refractivity (Wildman–Crippen MR) is 242 cm³/mol. The van der Waals surface area contributed by atoms with E-state index in [4.69, 9.17) is 22.9 Å². The summed E-state index contributed by atoms with van der Waals surface area (Å²) in [5.41, 5.74) is 27.0. The maximum absolute atomic E-state index is 13.7. The van der Waals surface area contributed by atoms with Crippen molar-refractivity contribution in [2.24, 2.45) is 39.8 Å². The summed E-state index contributed by atoms with van der Waals surface area (Å²) >= 11 is 0. The highest BCUT2D eigenvalue weighted by Gasteiger charge is 2.31. The Kier molecular flexibility index (Phi) is 18.9. The summed E-state index contributed by atoms with van der Waals surface area (Å²) in [6, 6.07) is 21.7. The van der Waals surface area contributed by atoms with Crippen LogP contribution in [0.4, 0.5) is 5.69 Å². The number of Topliss-reactive ketones (excluding diaryl/α,β-unsaturated/α-hetero) is 2. The number of aryl methyl sites for hydroxylation is 2. The maximum atomic E-state index is 13.7. The standard InChI is InChI=1S/C32H47N7O5.C13H15NO2S/c1-19-12-24(40)13-20(2)25(19)17-26(33)28(41)15-22(10-7-11-38-32(35)36)31(44)39-27(14-21-8-5-4-6-9-21)29(42)16-23(18-37-3)30(34)43;1-14(2)12-8-4-7-11-10(12)6-5-9-13(11)17(3,15)16/h4-6,8-9,12-13,22-23,26-27,37,40H,7,10-11,14-18,33H2,1-3H3,(H2,34,43)(H,39,44)(H4,35,36,38);4-9H,1-3H3/t22-,23?,26-,27-;/m0./s1. The Labute approximate surface area is 359 Å². The number of amides is 2. The molecule has 1 unspecified atom stereocenters. The van der Waals surface area contributed by atoms with Crippen molar-refractivity contribution < 1.29 is 32.7 Å². The van der Waals surface area contributed by atoms with Crippen LogP contribution in [0.15, 0.2) is 88.8 Å². The van der Waals surface area contributed by atoms with Crippen molar-refractivity contribution in [2.45, 2.75) is 69.4 Å². The fourth-order valence-electron chi connectivity index (χ4n) is 7.16. The van der Waals surface area contributed by atoms with Gasteiger partial charge in [0.15, 0.2) is 27.4 Å². The number of phenolic OH excluding ortho intramolecular Hbond substituents is 1. The zero-order chi connectivity index (χ0) is 45.4. The first-order valence-corrected chi connectivity index (χ1v) is 21.9. The molecule has 0 saturated heterocycles. The molecule has 4 atom stereocenters. The molecular formula is C45H62N8O7S. The molecule has 0 aromatic heterocycles. The number of nitrogens with one attached hydrogen (secondary N) is 2. The third-order valence-electron chi connectivity index (χ3n) is 10.4. The van der Waals surface area contributed by atoms with E-state index in [-0.39, 0.29) is 68.5 Å². The quantitative estimate of drug-likeness (QED) is 0.0363. The monoisotopic (exact) mass is 858 g/mol. The van der Waals surface area contributed by atoms with Crippen molar-refractivity contribution in [3.8, 4) is 5.75 Å². The van der Waals surface area contributed by atoms with Crippen LogP contribution in [0.2, 0.25) is 0 Å². The zero-order valence-corrected chi connectivity index (χ0v) is 36.8. The van der Waals surface area contributed by atoms with E-state index in [9.17, 15) is 32.7 Å². The van der Waals surface area contributed by atoms with Crippen LogP contribution in [-0.4, -0.2) is 95.4 Å². The Morgan fingerprint density at radius 1 is 0.820 bits per heavy atom. The highest BCUT2D eigenvalue weighted by molar-refractivity contribution is 7.91. The molecule has 4 aromatic carbocycles. The normalized spacial score (nSPS) is 13.2. The van der Waals surface area contributed by atoms with E-state index in [1.165, 1.54) is 6.26 Å². The Morgan fingerprint density at radius 3 is 2.00 bits per heavy atom. The van der Waals surface area contributed by atoms with Gasteiger partial charge < -0.3 is 43.6 Å². The first kappa shape index (κ1) is 49.5. The number of nitrogens with zero attached hydrogens (tertiary/aromatic N) is 2. The Morgan fingerprint density at radius 2 is 1.43 bits per heavy atom. The number of hydrogen-bond acceptors (Lipinski definition) is 11. The summed E-state index contributed by atoms with van der Waals surface area (Å²) in [5.74, 6) is -3.25. The molecule has 0 bridgehead atoms. The summed E-state index contributed by atoms with van der Waals surface area (Å²) in [4.78, 5) is 58.8. The van der Waals surface area contributed by atoms with Gasteiger partial charge >= 0.3 is 0 Å². The highest BCUT2D eigenvalue weighted by atomic mass is 32.2. The Hall–Kier alpha value is -5.84. The van der Waals surface area contributed by atoms with Gasteiger partial charge in [-0.25, -0.2) is 8.42 Å². The number of phenols is 1. The number of anilines is 1. The average molecular weight is 859 g/mol. The number of nitrogens with two attached hydrogens (primary N) is 4. The molecule has 0 aliphatic rings. The first-order valence-electron chi connectivity index (χ1n) is 20.1. The van der Waals surface area contributed by atoms with Crippen molar-refractivity contribution in [2.75, 3.05) is 45.4 Å². The second-order valence-electron chi connectivity index (χ2n) is 15.6. The number of carbonyl (C=O) groups is 4. The molecule has 61 heavy (non-hydrogen) atoms. The summed E-state index contributed by atoms with van der Waals surface area (Å²) in [5, 5.41) is 17.3. The summed E-state index contributed by atoms with van der Waals surface area (Å²) in [6.07, 6.45) is 2.06. The van der Waals surface area contributed by atoms with Crippen LogP contribution < -0.4 is 38.5 Å². The number of aromatic hydroxyl groups is 1. The molecule has 0 saturated carbocycles. The number of fused-ring (bicyclic) bond motifs is 1. The molecule has 11 N–H and O–H groups in total. The molecular weight excluding hydrogens is 797 g/mol. The van der Waals surface area contributed by atoms with Gasteiger partial charge in [0, 0.05) is 68.7 Å². The highest BCUT2D eigenvalue weighted by Crippen LogP contribution is 2.30. The number of primary amides is 1. The van der Waals surface area contributed by atoms with Crippen LogP contribution in [0.5, 0.6) is 5.75 Å². The molecule has 0 spiro atoms. The van der Waals surface area contributed by atoms with Gasteiger partial charge in [-0.3, -0.25) is 24.2 Å². The van der Waals surface area contributed by atoms with Crippen LogP contribution in [0, 0.1) is 25.7 Å². The topological polar surface area (TPSA) is 266 Å². The van der Waals surface area contributed by atoms with Gasteiger partial charge in [-0.05, 0) is 93.1 Å². The zero-order valence-electron chi connectivity index (χ0n) is 36.0. The fourth-order valence-corrected chi connectivity index (χ4v) is 8.06. The lowest BCUT2D eigenvalue weighted by Crippen LogP contribution is -2.47. The van der Waals surface area contributed by atoms with Gasteiger partial charge in [-0.15, -0.1) is 0 Å². The lowest BCUT2D eigenvalue weighted by atomic mass is 9.88. The summed E-state index contributed by atoms with van der Waals surface area (Å²) in [7, 11) is 2.36. The van der Waals surface area contributed by atoms with Crippen LogP contribution in [-0.2, 0) is 41.9 Å². The SMILES string of the molecule is CN(C)c1cccc2c(S(C)(=O)=O)cccc12.CNCC(CC(=O)[C@H](Cc1ccccc1)NC(=O)[C@@H](CCCN=C(N)N)CC(=O)[C@@H](N)Cc1c(C)cc(O)cc1C)C(N)=O. The predicted octanol–water partition coefficient (Wildman–Crippen LogP) is 2.82. The minimum atomic E-state index is -3.19. The third-order valence-corrected chi connectivity index (χ3v) is 11.5. The van der Waals surface area contributed by atoms with Crippen LogP contribution >= 0.6 is 0 Å². The van der Waals surface area contributed by atoms with Crippen LogP contribution in [0.3, 0.4) is 0 Å². The molecule has 16 heteroatoms.